The summed E-state index contributed by atoms with van der Waals surface area (Å²) in [5, 5.41) is 10.2. The van der Waals surface area contributed by atoms with Crippen LogP contribution in [-0.4, -0.2) is 37.4 Å². The van der Waals surface area contributed by atoms with Gasteiger partial charge in [0.15, 0.2) is 17.3 Å². The highest BCUT2D eigenvalue weighted by atomic mass is 16.5. The maximum absolute atomic E-state index is 12.3. The molecular weight excluding hydrogens is 374 g/mol. The minimum Gasteiger partial charge on any atom is -0.493 e. The lowest BCUT2D eigenvalue weighted by Gasteiger charge is -2.22. The Kier molecular flexibility index (Phi) is 4.70. The fourth-order valence-electron chi connectivity index (χ4n) is 3.72. The van der Waals surface area contributed by atoms with E-state index >= 15 is 0 Å². The molecule has 1 aromatic carbocycles. The number of aromatic nitrogens is 2. The van der Waals surface area contributed by atoms with Gasteiger partial charge in [0, 0.05) is 17.5 Å². The Labute approximate surface area is 168 Å². The largest absolute Gasteiger partial charge is 0.493 e. The van der Waals surface area contributed by atoms with Gasteiger partial charge in [0.25, 0.3) is 0 Å². The third-order valence-corrected chi connectivity index (χ3v) is 5.28. The van der Waals surface area contributed by atoms with Crippen LogP contribution in [0.4, 0.5) is 5.82 Å². The van der Waals surface area contributed by atoms with Crippen LogP contribution in [0.2, 0.25) is 0 Å². The van der Waals surface area contributed by atoms with Crippen molar-refractivity contribution in [3.8, 4) is 28.5 Å². The van der Waals surface area contributed by atoms with Gasteiger partial charge in [-0.05, 0) is 37.6 Å². The minimum absolute atomic E-state index is 0.0999. The van der Waals surface area contributed by atoms with E-state index in [2.05, 4.69) is 15.5 Å². The molecule has 2 N–H and O–H groups in total. The van der Waals surface area contributed by atoms with E-state index in [1.165, 1.54) is 0 Å². The number of furan rings is 1. The number of amides is 1. The number of anilines is 1. The second-order valence-electron chi connectivity index (χ2n) is 6.97. The smallest absolute Gasteiger partial charge is 0.226 e. The van der Waals surface area contributed by atoms with Crippen LogP contribution in [0.3, 0.4) is 0 Å². The SMILES string of the molecule is COc1cc(-c2[nH]nc3c2C(c2cc(C)c(C)o2)CC(=O)N3)cc(OC)c1OC. The molecule has 0 fully saturated rings. The lowest BCUT2D eigenvalue weighted by atomic mass is 9.87. The van der Waals surface area contributed by atoms with Crippen molar-refractivity contribution < 1.29 is 23.4 Å². The van der Waals surface area contributed by atoms with Crippen LogP contribution in [0.15, 0.2) is 22.6 Å². The molecule has 3 aromatic rings. The van der Waals surface area contributed by atoms with E-state index in [4.69, 9.17) is 18.6 Å². The summed E-state index contributed by atoms with van der Waals surface area (Å²) < 4.78 is 22.3. The second kappa shape index (κ2) is 7.20. The highest BCUT2D eigenvalue weighted by Gasteiger charge is 2.34. The van der Waals surface area contributed by atoms with E-state index in [-0.39, 0.29) is 18.2 Å². The third kappa shape index (κ3) is 3.10. The summed E-state index contributed by atoms with van der Waals surface area (Å²) in [5.74, 6) is 3.31. The first-order chi connectivity index (χ1) is 14.0. The van der Waals surface area contributed by atoms with Crippen LogP contribution in [0.1, 0.15) is 35.0 Å². The Morgan fingerprint density at radius 2 is 1.76 bits per heavy atom. The average Bonchev–Trinajstić information content (AvgIpc) is 3.29. The minimum atomic E-state index is -0.251. The van der Waals surface area contributed by atoms with Gasteiger partial charge in [-0.25, -0.2) is 0 Å². The van der Waals surface area contributed by atoms with Gasteiger partial charge in [-0.1, -0.05) is 0 Å². The number of nitrogens with zero attached hydrogens (tertiary/aromatic N) is 1. The average molecular weight is 397 g/mol. The number of rotatable bonds is 5. The van der Waals surface area contributed by atoms with Crippen molar-refractivity contribution in [1.82, 2.24) is 10.2 Å². The maximum atomic E-state index is 12.3. The summed E-state index contributed by atoms with van der Waals surface area (Å²) in [7, 11) is 4.70. The second-order valence-corrected chi connectivity index (χ2v) is 6.97. The standard InChI is InChI=1S/C21H23N3O5/c1-10-6-14(29-11(10)2)13-9-17(25)22-21-18(13)19(23-24-21)12-7-15(26-3)20(28-5)16(8-12)27-4/h6-8,13H,9H2,1-5H3,(H2,22,23,24,25). The van der Waals surface area contributed by atoms with E-state index in [0.717, 1.165) is 33.9 Å². The Bertz CT molecular complexity index is 1040. The molecule has 0 radical (unpaired) electrons. The number of ether oxygens (including phenoxy) is 3. The zero-order chi connectivity index (χ0) is 20.7. The van der Waals surface area contributed by atoms with Crippen LogP contribution >= 0.6 is 0 Å². The van der Waals surface area contributed by atoms with Gasteiger partial charge in [0.1, 0.15) is 11.5 Å². The van der Waals surface area contributed by atoms with Crippen molar-refractivity contribution in [2.24, 2.45) is 0 Å². The lowest BCUT2D eigenvalue weighted by Crippen LogP contribution is -2.23. The molecule has 1 aliphatic heterocycles. The molecule has 0 saturated heterocycles. The number of carbonyl (C=O) groups is 1. The molecule has 0 bridgehead atoms. The van der Waals surface area contributed by atoms with E-state index in [1.54, 1.807) is 21.3 Å². The van der Waals surface area contributed by atoms with E-state index < -0.39 is 0 Å². The lowest BCUT2D eigenvalue weighted by molar-refractivity contribution is -0.116. The first kappa shape index (κ1) is 18.9. The molecule has 0 aliphatic carbocycles. The van der Waals surface area contributed by atoms with Crippen LogP contribution in [0.25, 0.3) is 11.3 Å². The predicted molar refractivity (Wildman–Crippen MR) is 107 cm³/mol. The number of nitrogens with one attached hydrogen (secondary N) is 2. The molecule has 1 unspecified atom stereocenters. The summed E-state index contributed by atoms with van der Waals surface area (Å²) in [5.41, 5.74) is 3.48. The van der Waals surface area contributed by atoms with Crippen LogP contribution in [0.5, 0.6) is 17.2 Å². The molecule has 8 heteroatoms. The molecule has 1 amide bonds. The Hall–Kier alpha value is -3.42. The number of aromatic amines is 1. The topological polar surface area (TPSA) is 98.6 Å². The zero-order valence-corrected chi connectivity index (χ0v) is 17.0. The Balaban J connectivity index is 1.89. The molecular formula is C21H23N3O5. The summed E-state index contributed by atoms with van der Waals surface area (Å²) in [4.78, 5) is 12.3. The molecule has 4 rings (SSSR count). The van der Waals surface area contributed by atoms with Crippen LogP contribution in [-0.2, 0) is 4.79 Å². The van der Waals surface area contributed by atoms with Gasteiger partial charge >= 0.3 is 0 Å². The van der Waals surface area contributed by atoms with E-state index in [0.29, 0.717) is 23.1 Å². The van der Waals surface area contributed by atoms with Crippen LogP contribution in [0, 0.1) is 13.8 Å². The predicted octanol–water partition coefficient (Wildman–Crippen LogP) is 3.79. The quantitative estimate of drug-likeness (QED) is 0.680. The number of fused-ring (bicyclic) bond motifs is 1. The normalized spacial score (nSPS) is 15.6. The maximum Gasteiger partial charge on any atom is 0.226 e. The van der Waals surface area contributed by atoms with Gasteiger partial charge in [-0.2, -0.15) is 5.10 Å². The molecule has 29 heavy (non-hydrogen) atoms. The molecule has 1 aliphatic rings. The molecule has 3 heterocycles. The fourth-order valence-corrected chi connectivity index (χ4v) is 3.72. The summed E-state index contributed by atoms with van der Waals surface area (Å²) in [6.07, 6.45) is 0.274. The summed E-state index contributed by atoms with van der Waals surface area (Å²) in [6, 6.07) is 5.68. The van der Waals surface area contributed by atoms with Crippen LogP contribution < -0.4 is 19.5 Å². The van der Waals surface area contributed by atoms with Crippen molar-refractivity contribution in [3.05, 3.63) is 40.8 Å². The summed E-state index contributed by atoms with van der Waals surface area (Å²) in [6.45, 7) is 3.90. The Morgan fingerprint density at radius 1 is 1.07 bits per heavy atom. The van der Waals surface area contributed by atoms with Crippen molar-refractivity contribution in [3.63, 3.8) is 0 Å². The molecule has 0 spiro atoms. The molecule has 0 saturated carbocycles. The number of hydrogen-bond donors (Lipinski definition) is 2. The number of aryl methyl sites for hydroxylation is 2. The van der Waals surface area contributed by atoms with Crippen molar-refractivity contribution in [1.29, 1.82) is 0 Å². The number of carbonyl (C=O) groups excluding carboxylic acids is 1. The van der Waals surface area contributed by atoms with Gasteiger partial charge < -0.3 is 23.9 Å². The highest BCUT2D eigenvalue weighted by Crippen LogP contribution is 2.46. The monoisotopic (exact) mass is 397 g/mol. The Morgan fingerprint density at radius 3 is 2.31 bits per heavy atom. The zero-order valence-electron chi connectivity index (χ0n) is 17.0. The fraction of sp³-hybridized carbons (Fsp3) is 0.333. The number of benzene rings is 1. The van der Waals surface area contributed by atoms with Gasteiger partial charge in [-0.3, -0.25) is 9.89 Å². The van der Waals surface area contributed by atoms with Crippen molar-refractivity contribution >= 4 is 11.7 Å². The first-order valence-electron chi connectivity index (χ1n) is 9.22. The van der Waals surface area contributed by atoms with Crippen molar-refractivity contribution in [2.45, 2.75) is 26.2 Å². The third-order valence-electron chi connectivity index (χ3n) is 5.28. The number of hydrogen-bond acceptors (Lipinski definition) is 6. The highest BCUT2D eigenvalue weighted by molar-refractivity contribution is 5.96. The number of H-pyrrole nitrogens is 1. The van der Waals surface area contributed by atoms with Gasteiger partial charge in [0.05, 0.1) is 32.9 Å². The van der Waals surface area contributed by atoms with Gasteiger partial charge in [0.2, 0.25) is 11.7 Å². The molecule has 2 aromatic heterocycles. The van der Waals surface area contributed by atoms with E-state index in [9.17, 15) is 4.79 Å². The number of methoxy groups -OCH3 is 3. The molecule has 1 atom stereocenters. The van der Waals surface area contributed by atoms with E-state index in [1.807, 2.05) is 32.0 Å². The van der Waals surface area contributed by atoms with Gasteiger partial charge in [-0.15, -0.1) is 0 Å². The summed E-state index contributed by atoms with van der Waals surface area (Å²) >= 11 is 0. The molecule has 8 nitrogen and oxygen atoms in total. The molecule has 152 valence electrons. The first-order valence-corrected chi connectivity index (χ1v) is 9.22. The van der Waals surface area contributed by atoms with Crippen molar-refractivity contribution in [2.75, 3.05) is 26.6 Å².